The molecule has 0 radical (unpaired) electrons. The van der Waals surface area contributed by atoms with E-state index >= 15 is 0 Å². The van der Waals surface area contributed by atoms with Crippen LogP contribution in [0.1, 0.15) is 56.2 Å². The summed E-state index contributed by atoms with van der Waals surface area (Å²) in [5.41, 5.74) is 8.79. The van der Waals surface area contributed by atoms with Crippen LogP contribution in [0.15, 0.2) is 24.3 Å². The Morgan fingerprint density at radius 2 is 2.00 bits per heavy atom. The summed E-state index contributed by atoms with van der Waals surface area (Å²) in [7, 11) is 0. The van der Waals surface area contributed by atoms with Crippen molar-refractivity contribution in [1.82, 2.24) is 5.32 Å². The molecule has 100 valence electrons. The highest BCUT2D eigenvalue weighted by atomic mass is 15.0. The Hall–Kier alpha value is -0.860. The third-order valence-electron chi connectivity index (χ3n) is 4.04. The summed E-state index contributed by atoms with van der Waals surface area (Å²) in [4.78, 5) is 0. The first-order valence-electron chi connectivity index (χ1n) is 7.27. The molecule has 2 rings (SSSR count). The topological polar surface area (TPSA) is 38.0 Å². The monoisotopic (exact) mass is 246 g/mol. The lowest BCUT2D eigenvalue weighted by atomic mass is 9.90. The number of aryl methyl sites for hydroxylation is 1. The minimum atomic E-state index is 0.395. The lowest BCUT2D eigenvalue weighted by Gasteiger charge is -2.31. The van der Waals surface area contributed by atoms with Crippen LogP contribution in [-0.2, 0) is 0 Å². The molecule has 0 aromatic heterocycles. The van der Waals surface area contributed by atoms with E-state index in [9.17, 15) is 0 Å². The fourth-order valence-electron chi connectivity index (χ4n) is 2.91. The lowest BCUT2D eigenvalue weighted by molar-refractivity contribution is 0.309. The van der Waals surface area contributed by atoms with Gasteiger partial charge < -0.3 is 11.1 Å². The molecule has 0 aliphatic heterocycles. The first-order chi connectivity index (χ1) is 8.69. The van der Waals surface area contributed by atoms with Crippen LogP contribution in [0.4, 0.5) is 0 Å². The van der Waals surface area contributed by atoms with E-state index in [0.29, 0.717) is 18.1 Å². The molecule has 1 aliphatic rings. The maximum Gasteiger partial charge on any atom is 0.0320 e. The Morgan fingerprint density at radius 1 is 1.28 bits per heavy atom. The Kier molecular flexibility index (Phi) is 4.79. The molecule has 3 unspecified atom stereocenters. The van der Waals surface area contributed by atoms with Crippen molar-refractivity contribution in [3.8, 4) is 0 Å². The minimum absolute atomic E-state index is 0.395. The smallest absolute Gasteiger partial charge is 0.0320 e. The van der Waals surface area contributed by atoms with Crippen molar-refractivity contribution in [3.05, 3.63) is 35.4 Å². The molecule has 1 saturated carbocycles. The summed E-state index contributed by atoms with van der Waals surface area (Å²) in [5, 5.41) is 3.79. The van der Waals surface area contributed by atoms with E-state index < -0.39 is 0 Å². The highest BCUT2D eigenvalue weighted by Gasteiger charge is 2.21. The normalized spacial score (nSPS) is 25.9. The van der Waals surface area contributed by atoms with Gasteiger partial charge in [-0.15, -0.1) is 0 Å². The van der Waals surface area contributed by atoms with Crippen molar-refractivity contribution < 1.29 is 0 Å². The molecular formula is C16H26N2. The third kappa shape index (κ3) is 3.56. The van der Waals surface area contributed by atoms with E-state index in [1.165, 1.54) is 30.4 Å². The summed E-state index contributed by atoms with van der Waals surface area (Å²) >= 11 is 0. The second kappa shape index (κ2) is 6.35. The zero-order valence-corrected chi connectivity index (χ0v) is 11.7. The molecule has 1 fully saturated rings. The van der Waals surface area contributed by atoms with E-state index in [-0.39, 0.29) is 0 Å². The third-order valence-corrected chi connectivity index (χ3v) is 4.04. The molecule has 2 nitrogen and oxygen atoms in total. The second-order valence-corrected chi connectivity index (χ2v) is 5.66. The van der Waals surface area contributed by atoms with Crippen molar-refractivity contribution in [2.24, 2.45) is 5.73 Å². The van der Waals surface area contributed by atoms with Gasteiger partial charge in [-0.2, -0.15) is 0 Å². The highest BCUT2D eigenvalue weighted by Crippen LogP contribution is 2.23. The van der Waals surface area contributed by atoms with Crippen LogP contribution in [0.3, 0.4) is 0 Å². The van der Waals surface area contributed by atoms with Crippen molar-refractivity contribution in [2.75, 3.05) is 0 Å². The van der Waals surface area contributed by atoms with Gasteiger partial charge in [-0.05, 0) is 38.2 Å². The number of nitrogens with two attached hydrogens (primary N) is 1. The molecule has 0 heterocycles. The minimum Gasteiger partial charge on any atom is -0.328 e. The maximum absolute atomic E-state index is 6.06. The lowest BCUT2D eigenvalue weighted by Crippen LogP contribution is -2.40. The summed E-state index contributed by atoms with van der Waals surface area (Å²) < 4.78 is 0. The molecule has 0 saturated heterocycles. The molecule has 0 amide bonds. The van der Waals surface area contributed by atoms with E-state index in [0.717, 1.165) is 12.8 Å². The summed E-state index contributed by atoms with van der Waals surface area (Å²) in [6.07, 6.45) is 6.00. The molecule has 3 N–H and O–H groups in total. The zero-order chi connectivity index (χ0) is 13.0. The van der Waals surface area contributed by atoms with Crippen molar-refractivity contribution >= 4 is 0 Å². The summed E-state index contributed by atoms with van der Waals surface area (Å²) in [6.45, 7) is 4.39. The van der Waals surface area contributed by atoms with Crippen LogP contribution in [0.5, 0.6) is 0 Å². The Morgan fingerprint density at radius 3 is 2.61 bits per heavy atom. The van der Waals surface area contributed by atoms with Crippen LogP contribution in [0.25, 0.3) is 0 Å². The van der Waals surface area contributed by atoms with Gasteiger partial charge in [-0.1, -0.05) is 43.2 Å². The molecule has 18 heavy (non-hydrogen) atoms. The van der Waals surface area contributed by atoms with Crippen LogP contribution in [0, 0.1) is 6.92 Å². The highest BCUT2D eigenvalue weighted by molar-refractivity contribution is 5.24. The standard InChI is InChI=1S/C16H26N2/c1-3-16(13-9-7-12(2)8-10-13)18-15-6-4-5-14(17)11-15/h7-10,14-16,18H,3-6,11,17H2,1-2H3. The van der Waals surface area contributed by atoms with Crippen LogP contribution in [-0.4, -0.2) is 12.1 Å². The summed E-state index contributed by atoms with van der Waals surface area (Å²) in [5.74, 6) is 0. The van der Waals surface area contributed by atoms with Gasteiger partial charge in [-0.25, -0.2) is 0 Å². The molecule has 1 aliphatic carbocycles. The molecule has 0 bridgehead atoms. The van der Waals surface area contributed by atoms with E-state index in [2.05, 4.69) is 43.4 Å². The average molecular weight is 246 g/mol. The first-order valence-corrected chi connectivity index (χ1v) is 7.27. The first kappa shape index (κ1) is 13.6. The van der Waals surface area contributed by atoms with Crippen LogP contribution < -0.4 is 11.1 Å². The van der Waals surface area contributed by atoms with Gasteiger partial charge in [0.2, 0.25) is 0 Å². The fraction of sp³-hybridized carbons (Fsp3) is 0.625. The Labute approximate surface area is 111 Å². The van der Waals surface area contributed by atoms with Crippen LogP contribution >= 0.6 is 0 Å². The largest absolute Gasteiger partial charge is 0.328 e. The summed E-state index contributed by atoms with van der Waals surface area (Å²) in [6, 6.07) is 10.4. The molecule has 0 spiro atoms. The van der Waals surface area contributed by atoms with Crippen molar-refractivity contribution in [2.45, 2.75) is 64.1 Å². The number of benzene rings is 1. The van der Waals surface area contributed by atoms with Gasteiger partial charge in [0.25, 0.3) is 0 Å². The van der Waals surface area contributed by atoms with Gasteiger partial charge in [0.05, 0.1) is 0 Å². The van der Waals surface area contributed by atoms with Gasteiger partial charge >= 0.3 is 0 Å². The second-order valence-electron chi connectivity index (χ2n) is 5.66. The van der Waals surface area contributed by atoms with Gasteiger partial charge in [0.15, 0.2) is 0 Å². The Balaban J connectivity index is 1.98. The number of hydrogen-bond donors (Lipinski definition) is 2. The average Bonchev–Trinajstić information content (AvgIpc) is 2.37. The predicted octanol–water partition coefficient (Wildman–Crippen LogP) is 3.31. The molecule has 3 atom stereocenters. The maximum atomic E-state index is 6.06. The molecule has 1 aromatic carbocycles. The molecule has 2 heteroatoms. The number of nitrogens with one attached hydrogen (secondary N) is 1. The van der Waals surface area contributed by atoms with Crippen molar-refractivity contribution in [1.29, 1.82) is 0 Å². The predicted molar refractivity (Wildman–Crippen MR) is 77.6 cm³/mol. The molecule has 1 aromatic rings. The quantitative estimate of drug-likeness (QED) is 0.855. The van der Waals surface area contributed by atoms with Crippen LogP contribution in [0.2, 0.25) is 0 Å². The SMILES string of the molecule is CCC(NC1CCCC(N)C1)c1ccc(C)cc1. The number of rotatable bonds is 4. The van der Waals surface area contributed by atoms with Gasteiger partial charge in [-0.3, -0.25) is 0 Å². The number of hydrogen-bond acceptors (Lipinski definition) is 2. The van der Waals surface area contributed by atoms with Crippen molar-refractivity contribution in [3.63, 3.8) is 0 Å². The van der Waals surface area contributed by atoms with E-state index in [1.54, 1.807) is 0 Å². The van der Waals surface area contributed by atoms with E-state index in [1.807, 2.05) is 0 Å². The molecular weight excluding hydrogens is 220 g/mol. The zero-order valence-electron chi connectivity index (χ0n) is 11.7. The van der Waals surface area contributed by atoms with Gasteiger partial charge in [0.1, 0.15) is 0 Å². The van der Waals surface area contributed by atoms with E-state index in [4.69, 9.17) is 5.73 Å². The van der Waals surface area contributed by atoms with Gasteiger partial charge in [0, 0.05) is 18.1 Å². The fourth-order valence-corrected chi connectivity index (χ4v) is 2.91. The Bertz CT molecular complexity index is 358.